The first-order chi connectivity index (χ1) is 21.0. The molecule has 0 fully saturated rings. The van der Waals surface area contributed by atoms with Gasteiger partial charge >= 0.3 is 5.97 Å². The van der Waals surface area contributed by atoms with E-state index in [1.165, 1.54) is 23.5 Å². The van der Waals surface area contributed by atoms with Crippen LogP contribution in [0.2, 0.25) is 0 Å². The largest absolute Gasteiger partial charge is 0.493 e. The summed E-state index contributed by atoms with van der Waals surface area (Å²) in [5.41, 5.74) is 2.58. The Morgan fingerprint density at radius 1 is 1.00 bits per heavy atom. The first-order valence-electron chi connectivity index (χ1n) is 14.3. The zero-order valence-electron chi connectivity index (χ0n) is 24.6. The van der Waals surface area contributed by atoms with Crippen LogP contribution in [0.3, 0.4) is 0 Å². The van der Waals surface area contributed by atoms with Crippen LogP contribution in [0.1, 0.15) is 40.3 Å². The maximum absolute atomic E-state index is 15.9. The smallest absolute Gasteiger partial charge is 0.352 e. The molecule has 0 amide bonds. The number of sulfonamides is 1. The molecule has 1 aliphatic heterocycles. The predicted octanol–water partition coefficient (Wildman–Crippen LogP) is 5.66. The maximum atomic E-state index is 15.9. The first-order valence-corrected chi connectivity index (χ1v) is 15.9. The Hall–Kier alpha value is -4.29. The molecule has 0 spiro atoms. The van der Waals surface area contributed by atoms with Crippen LogP contribution in [0, 0.1) is 18.6 Å². The summed E-state index contributed by atoms with van der Waals surface area (Å²) in [5.74, 6) is -1.77. The van der Waals surface area contributed by atoms with Crippen molar-refractivity contribution in [2.45, 2.75) is 39.3 Å². The summed E-state index contributed by atoms with van der Waals surface area (Å²) in [5, 5.41) is 16.7. The van der Waals surface area contributed by atoms with Gasteiger partial charge < -0.3 is 14.4 Å². The summed E-state index contributed by atoms with van der Waals surface area (Å²) in [6.45, 7) is 2.02. The fourth-order valence-electron chi connectivity index (χ4n) is 6.23. The Kier molecular flexibility index (Phi) is 7.66. The van der Waals surface area contributed by atoms with Crippen LogP contribution in [-0.2, 0) is 36.6 Å². The fourth-order valence-corrected chi connectivity index (χ4v) is 7.35. The van der Waals surface area contributed by atoms with Crippen LogP contribution >= 0.6 is 0 Å². The van der Waals surface area contributed by atoms with Crippen molar-refractivity contribution in [2.24, 2.45) is 7.05 Å². The van der Waals surface area contributed by atoms with E-state index >= 15 is 4.39 Å². The normalized spacial score (nSPS) is 15.3. The second-order valence-corrected chi connectivity index (χ2v) is 13.3. The standard InChI is InChI=1S/C32H32F2N4O5S/c1-19-28-26(35-37(19)3)18-36(2)44(41,42)17-7-15-38-30-23(11-12-25(34)29(28)30)22(31(38)32(39)40)10-6-16-43-27-14-13-24(33)20-8-4-5-9-21(20)27/h4-5,8-9,11-14H,6-7,10,15-18H2,1-3H3,(H,39,40). The highest BCUT2D eigenvalue weighted by Crippen LogP contribution is 2.40. The number of carboxylic acids is 1. The summed E-state index contributed by atoms with van der Waals surface area (Å²) in [7, 11) is -0.514. The lowest BCUT2D eigenvalue weighted by Crippen LogP contribution is -2.29. The molecular formula is C32H32F2N4O5S. The molecule has 0 atom stereocenters. The van der Waals surface area contributed by atoms with Gasteiger partial charge in [-0.15, -0.1) is 0 Å². The number of rotatable bonds is 6. The molecule has 44 heavy (non-hydrogen) atoms. The molecule has 3 aromatic carbocycles. The van der Waals surface area contributed by atoms with Gasteiger partial charge in [0.2, 0.25) is 10.0 Å². The van der Waals surface area contributed by atoms with E-state index in [1.807, 2.05) is 0 Å². The number of aromatic nitrogens is 3. The number of aromatic carboxylic acids is 1. The minimum atomic E-state index is -3.69. The lowest BCUT2D eigenvalue weighted by atomic mass is 9.97. The van der Waals surface area contributed by atoms with Gasteiger partial charge in [-0.25, -0.2) is 22.0 Å². The molecule has 2 aromatic heterocycles. The van der Waals surface area contributed by atoms with Crippen molar-refractivity contribution in [1.29, 1.82) is 0 Å². The highest BCUT2D eigenvalue weighted by Gasteiger charge is 2.31. The van der Waals surface area contributed by atoms with Crippen molar-refractivity contribution in [3.05, 3.63) is 82.8 Å². The third kappa shape index (κ3) is 5.01. The lowest BCUT2D eigenvalue weighted by molar-refractivity contribution is 0.0684. The third-order valence-electron chi connectivity index (χ3n) is 8.43. The molecule has 6 rings (SSSR count). The predicted molar refractivity (Wildman–Crippen MR) is 163 cm³/mol. The number of benzene rings is 3. The van der Waals surface area contributed by atoms with Crippen LogP contribution in [0.25, 0.3) is 32.8 Å². The molecular weight excluding hydrogens is 590 g/mol. The minimum absolute atomic E-state index is 0.00725. The van der Waals surface area contributed by atoms with Crippen LogP contribution in [0.5, 0.6) is 5.75 Å². The van der Waals surface area contributed by atoms with E-state index in [0.29, 0.717) is 62.8 Å². The van der Waals surface area contributed by atoms with Gasteiger partial charge in [0, 0.05) is 53.6 Å². The monoisotopic (exact) mass is 622 g/mol. The van der Waals surface area contributed by atoms with Crippen molar-refractivity contribution in [1.82, 2.24) is 18.7 Å². The minimum Gasteiger partial charge on any atom is -0.493 e. The number of fused-ring (bicyclic) bond motifs is 3. The molecule has 12 heteroatoms. The Morgan fingerprint density at radius 2 is 1.73 bits per heavy atom. The molecule has 230 valence electrons. The highest BCUT2D eigenvalue weighted by atomic mass is 32.2. The van der Waals surface area contributed by atoms with Crippen molar-refractivity contribution < 1.29 is 31.8 Å². The van der Waals surface area contributed by atoms with Gasteiger partial charge in [0.25, 0.3) is 0 Å². The number of halogens is 2. The summed E-state index contributed by atoms with van der Waals surface area (Å²) in [4.78, 5) is 12.8. The number of aryl methyl sites for hydroxylation is 3. The Balaban J connectivity index is 1.45. The van der Waals surface area contributed by atoms with E-state index in [2.05, 4.69) is 5.10 Å². The van der Waals surface area contributed by atoms with E-state index in [-0.39, 0.29) is 48.9 Å². The second-order valence-electron chi connectivity index (χ2n) is 11.1. The van der Waals surface area contributed by atoms with Crippen LogP contribution in [0.4, 0.5) is 8.78 Å². The zero-order chi connectivity index (χ0) is 31.3. The van der Waals surface area contributed by atoms with Gasteiger partial charge in [-0.1, -0.05) is 24.3 Å². The van der Waals surface area contributed by atoms with Crippen LogP contribution < -0.4 is 4.74 Å². The average Bonchev–Trinajstić information content (AvgIpc) is 3.44. The van der Waals surface area contributed by atoms with Crippen molar-refractivity contribution in [3.8, 4) is 16.9 Å². The molecule has 1 aliphatic rings. The molecule has 0 unspecified atom stereocenters. The van der Waals surface area contributed by atoms with E-state index in [4.69, 9.17) is 4.74 Å². The maximum Gasteiger partial charge on any atom is 0.352 e. The summed E-state index contributed by atoms with van der Waals surface area (Å²) in [6.07, 6.45) is 0.862. The van der Waals surface area contributed by atoms with Gasteiger partial charge in [-0.05, 0) is 56.0 Å². The molecule has 0 radical (unpaired) electrons. The average molecular weight is 623 g/mol. The van der Waals surface area contributed by atoms with E-state index in [1.54, 1.807) is 59.6 Å². The fraction of sp³-hybridized carbons (Fsp3) is 0.312. The number of carbonyl (C=O) groups is 1. The number of hydrogen-bond acceptors (Lipinski definition) is 5. The molecule has 3 heterocycles. The highest BCUT2D eigenvalue weighted by molar-refractivity contribution is 7.89. The Labute approximate surface area is 253 Å². The zero-order valence-corrected chi connectivity index (χ0v) is 25.4. The van der Waals surface area contributed by atoms with Gasteiger partial charge in [0.1, 0.15) is 23.1 Å². The number of hydrogen-bond donors (Lipinski definition) is 1. The number of ether oxygens (including phenoxy) is 1. The third-order valence-corrected chi connectivity index (χ3v) is 10.3. The summed E-state index contributed by atoms with van der Waals surface area (Å²) >= 11 is 0. The SMILES string of the molecule is Cc1c2c(nn1C)CN(C)S(=O)(=O)CCCn1c(C(=O)O)c(CCCOc3ccc(F)c4ccccc34)c3ccc(F)c-2c31. The first kappa shape index (κ1) is 29.8. The Morgan fingerprint density at radius 3 is 2.48 bits per heavy atom. The lowest BCUT2D eigenvalue weighted by Gasteiger charge is -2.16. The molecule has 1 N–H and O–H groups in total. The summed E-state index contributed by atoms with van der Waals surface area (Å²) in [6, 6.07) is 12.9. The Bertz CT molecular complexity index is 2050. The van der Waals surface area contributed by atoms with Gasteiger partial charge in [-0.2, -0.15) is 9.40 Å². The quantitative estimate of drug-likeness (QED) is 0.245. The molecule has 5 aromatic rings. The number of nitrogens with zero attached hydrogens (tertiary/aromatic N) is 4. The van der Waals surface area contributed by atoms with Crippen molar-refractivity contribution in [3.63, 3.8) is 0 Å². The molecule has 0 saturated carbocycles. The second kappa shape index (κ2) is 11.3. The van der Waals surface area contributed by atoms with Gasteiger partial charge in [0.05, 0.1) is 30.1 Å². The van der Waals surface area contributed by atoms with Crippen molar-refractivity contribution in [2.75, 3.05) is 19.4 Å². The summed E-state index contributed by atoms with van der Waals surface area (Å²) < 4.78 is 66.7. The molecule has 0 saturated heterocycles. The van der Waals surface area contributed by atoms with Crippen LogP contribution in [-0.4, -0.2) is 57.6 Å². The van der Waals surface area contributed by atoms with E-state index in [0.717, 1.165) is 0 Å². The van der Waals surface area contributed by atoms with Crippen LogP contribution in [0.15, 0.2) is 48.5 Å². The molecule has 0 aliphatic carbocycles. The van der Waals surface area contributed by atoms with Gasteiger partial charge in [0.15, 0.2) is 0 Å². The van der Waals surface area contributed by atoms with Crippen molar-refractivity contribution >= 4 is 37.7 Å². The van der Waals surface area contributed by atoms with E-state index < -0.39 is 21.8 Å². The topological polar surface area (TPSA) is 107 Å². The van der Waals surface area contributed by atoms with E-state index in [9.17, 15) is 22.7 Å². The number of carboxylic acid groups (broad SMARTS) is 1. The molecule has 0 bridgehead atoms. The molecule has 9 nitrogen and oxygen atoms in total. The van der Waals surface area contributed by atoms with Gasteiger partial charge in [-0.3, -0.25) is 4.68 Å².